The van der Waals surface area contributed by atoms with E-state index in [9.17, 15) is 17.6 Å². The normalized spacial score (nSPS) is 11.0. The maximum absolute atomic E-state index is 13.2. The minimum atomic E-state index is -1.74. The summed E-state index contributed by atoms with van der Waals surface area (Å²) in [7, 11) is 0. The molecule has 0 amide bonds. The molecular formula is C14H9F4NO. The van der Waals surface area contributed by atoms with Gasteiger partial charge in [-0.05, 0) is 11.6 Å². The molecule has 0 radical (unpaired) electrons. The second-order valence-corrected chi connectivity index (χ2v) is 3.77. The molecule has 0 aliphatic carbocycles. The SMILES string of the molecule is Fc1nc(F)c(F)c(OC/C=C/c2ccccc2)c1F. The molecule has 2 rings (SSSR count). The van der Waals surface area contributed by atoms with E-state index in [2.05, 4.69) is 4.98 Å². The number of rotatable bonds is 4. The van der Waals surface area contributed by atoms with Crippen LogP contribution in [0.5, 0.6) is 5.75 Å². The van der Waals surface area contributed by atoms with Gasteiger partial charge in [-0.15, -0.1) is 0 Å². The lowest BCUT2D eigenvalue weighted by Gasteiger charge is -2.06. The van der Waals surface area contributed by atoms with Crippen molar-refractivity contribution in [1.29, 1.82) is 0 Å². The third kappa shape index (κ3) is 3.14. The zero-order valence-corrected chi connectivity index (χ0v) is 10.1. The first kappa shape index (κ1) is 14.0. The van der Waals surface area contributed by atoms with Crippen molar-refractivity contribution in [2.24, 2.45) is 0 Å². The number of halogens is 4. The maximum Gasteiger partial charge on any atom is 0.255 e. The van der Waals surface area contributed by atoms with Gasteiger partial charge in [0.05, 0.1) is 0 Å². The van der Waals surface area contributed by atoms with E-state index in [1.807, 2.05) is 30.3 Å². The molecule has 0 aliphatic rings. The van der Waals surface area contributed by atoms with Gasteiger partial charge in [-0.25, -0.2) is 0 Å². The second-order valence-electron chi connectivity index (χ2n) is 3.77. The van der Waals surface area contributed by atoms with Crippen LogP contribution >= 0.6 is 0 Å². The number of pyridine rings is 1. The fourth-order valence-electron chi connectivity index (χ4n) is 1.47. The lowest BCUT2D eigenvalue weighted by atomic mass is 10.2. The van der Waals surface area contributed by atoms with E-state index in [-0.39, 0.29) is 6.61 Å². The molecular weight excluding hydrogens is 274 g/mol. The fourth-order valence-corrected chi connectivity index (χ4v) is 1.47. The predicted octanol–water partition coefficient (Wildman–Crippen LogP) is 3.73. The van der Waals surface area contributed by atoms with Crippen LogP contribution in [0.2, 0.25) is 0 Å². The first-order valence-corrected chi connectivity index (χ1v) is 5.64. The molecule has 6 heteroatoms. The molecule has 0 N–H and O–H groups in total. The first-order valence-electron chi connectivity index (χ1n) is 5.64. The van der Waals surface area contributed by atoms with Crippen molar-refractivity contribution in [2.45, 2.75) is 0 Å². The van der Waals surface area contributed by atoms with E-state index in [1.54, 1.807) is 6.08 Å². The van der Waals surface area contributed by atoms with E-state index in [0.29, 0.717) is 0 Å². The van der Waals surface area contributed by atoms with Crippen molar-refractivity contribution in [2.75, 3.05) is 6.61 Å². The van der Waals surface area contributed by atoms with Gasteiger partial charge in [-0.3, -0.25) is 0 Å². The lowest BCUT2D eigenvalue weighted by molar-refractivity contribution is 0.291. The van der Waals surface area contributed by atoms with Crippen molar-refractivity contribution in [3.8, 4) is 5.75 Å². The molecule has 0 fully saturated rings. The van der Waals surface area contributed by atoms with E-state index >= 15 is 0 Å². The Balaban J connectivity index is 2.07. The summed E-state index contributed by atoms with van der Waals surface area (Å²) in [5, 5.41) is 0. The van der Waals surface area contributed by atoms with Gasteiger partial charge in [0.1, 0.15) is 6.61 Å². The number of hydrogen-bond acceptors (Lipinski definition) is 2. The standard InChI is InChI=1S/C14H9F4NO/c15-10-12(11(16)14(18)19-13(10)17)20-8-4-7-9-5-2-1-3-6-9/h1-7H,8H2/b7-4+. The number of hydrogen-bond donors (Lipinski definition) is 0. The largest absolute Gasteiger partial charge is 0.483 e. The van der Waals surface area contributed by atoms with Gasteiger partial charge in [0, 0.05) is 0 Å². The third-order valence-electron chi connectivity index (χ3n) is 2.39. The summed E-state index contributed by atoms with van der Waals surface area (Å²) in [5.74, 6) is -7.92. The van der Waals surface area contributed by atoms with Crippen LogP contribution in [-0.4, -0.2) is 11.6 Å². The van der Waals surface area contributed by atoms with Gasteiger partial charge < -0.3 is 4.74 Å². The molecule has 1 aromatic heterocycles. The van der Waals surface area contributed by atoms with Crippen LogP contribution in [0.4, 0.5) is 17.6 Å². The van der Waals surface area contributed by atoms with Crippen molar-refractivity contribution >= 4 is 6.08 Å². The number of ether oxygens (including phenoxy) is 1. The zero-order valence-electron chi connectivity index (χ0n) is 10.1. The summed E-state index contributed by atoms with van der Waals surface area (Å²) < 4.78 is 56.7. The summed E-state index contributed by atoms with van der Waals surface area (Å²) in [6.45, 7) is -0.244. The Morgan fingerprint density at radius 1 is 0.950 bits per heavy atom. The molecule has 1 heterocycles. The molecule has 2 aromatic rings. The van der Waals surface area contributed by atoms with E-state index in [1.165, 1.54) is 6.08 Å². The molecule has 0 saturated heterocycles. The van der Waals surface area contributed by atoms with Crippen LogP contribution in [0.1, 0.15) is 5.56 Å². The summed E-state index contributed by atoms with van der Waals surface area (Å²) in [6, 6.07) is 9.08. The summed E-state index contributed by atoms with van der Waals surface area (Å²) in [5.41, 5.74) is 0.851. The van der Waals surface area contributed by atoms with Gasteiger partial charge >= 0.3 is 0 Å². The number of nitrogens with zero attached hydrogens (tertiary/aromatic N) is 1. The van der Waals surface area contributed by atoms with Crippen molar-refractivity contribution in [1.82, 2.24) is 4.98 Å². The van der Waals surface area contributed by atoms with Gasteiger partial charge in [0.15, 0.2) is 0 Å². The van der Waals surface area contributed by atoms with Crippen molar-refractivity contribution < 1.29 is 22.3 Å². The smallest absolute Gasteiger partial charge is 0.255 e. The average Bonchev–Trinajstić information content (AvgIpc) is 2.45. The van der Waals surface area contributed by atoms with Crippen molar-refractivity contribution in [3.63, 3.8) is 0 Å². The van der Waals surface area contributed by atoms with Crippen LogP contribution in [0.3, 0.4) is 0 Å². The van der Waals surface area contributed by atoms with Crippen LogP contribution in [0, 0.1) is 23.5 Å². The molecule has 0 unspecified atom stereocenters. The highest BCUT2D eigenvalue weighted by Crippen LogP contribution is 2.24. The molecule has 0 spiro atoms. The molecule has 2 nitrogen and oxygen atoms in total. The molecule has 104 valence electrons. The minimum absolute atomic E-state index is 0.244. The van der Waals surface area contributed by atoms with E-state index < -0.39 is 29.3 Å². The maximum atomic E-state index is 13.2. The van der Waals surface area contributed by atoms with Crippen LogP contribution in [-0.2, 0) is 0 Å². The Morgan fingerprint density at radius 3 is 2.15 bits per heavy atom. The molecule has 0 saturated carbocycles. The van der Waals surface area contributed by atoms with Crippen LogP contribution in [0.25, 0.3) is 6.08 Å². The zero-order chi connectivity index (χ0) is 14.5. The van der Waals surface area contributed by atoms with E-state index in [0.717, 1.165) is 5.56 Å². The summed E-state index contributed by atoms with van der Waals surface area (Å²) in [6.07, 6.45) is 3.11. The van der Waals surface area contributed by atoms with Gasteiger partial charge in [-0.2, -0.15) is 22.5 Å². The van der Waals surface area contributed by atoms with Crippen molar-refractivity contribution in [3.05, 3.63) is 65.5 Å². The third-order valence-corrected chi connectivity index (χ3v) is 2.39. The second kappa shape index (κ2) is 6.18. The lowest BCUT2D eigenvalue weighted by Crippen LogP contribution is -2.06. The topological polar surface area (TPSA) is 22.1 Å². The van der Waals surface area contributed by atoms with E-state index in [4.69, 9.17) is 4.74 Å². The fraction of sp³-hybridized carbons (Fsp3) is 0.0714. The van der Waals surface area contributed by atoms with Crippen LogP contribution < -0.4 is 4.74 Å². The monoisotopic (exact) mass is 283 g/mol. The Hall–Kier alpha value is -2.37. The number of benzene rings is 1. The molecule has 0 atom stereocenters. The van der Waals surface area contributed by atoms with Gasteiger partial charge in [-0.1, -0.05) is 36.4 Å². The summed E-state index contributed by atoms with van der Waals surface area (Å²) in [4.78, 5) is 2.43. The Bertz CT molecular complexity index is 603. The Kier molecular flexibility index (Phi) is 4.34. The number of aromatic nitrogens is 1. The Labute approximate surface area is 112 Å². The molecule has 20 heavy (non-hydrogen) atoms. The first-order chi connectivity index (χ1) is 9.59. The highest BCUT2D eigenvalue weighted by Gasteiger charge is 2.21. The average molecular weight is 283 g/mol. The molecule has 1 aromatic carbocycles. The highest BCUT2D eigenvalue weighted by molar-refractivity contribution is 5.48. The highest BCUT2D eigenvalue weighted by atomic mass is 19.2. The predicted molar refractivity (Wildman–Crippen MR) is 65.0 cm³/mol. The quantitative estimate of drug-likeness (QED) is 0.630. The minimum Gasteiger partial charge on any atom is -0.483 e. The summed E-state index contributed by atoms with van der Waals surface area (Å²) >= 11 is 0. The molecule has 0 bridgehead atoms. The molecule has 0 aliphatic heterocycles. The van der Waals surface area contributed by atoms with Crippen LogP contribution in [0.15, 0.2) is 36.4 Å². The van der Waals surface area contributed by atoms with Gasteiger partial charge in [0.25, 0.3) is 11.9 Å². The Morgan fingerprint density at radius 2 is 1.55 bits per heavy atom. The van der Waals surface area contributed by atoms with Gasteiger partial charge in [0.2, 0.25) is 17.4 Å².